The van der Waals surface area contributed by atoms with E-state index in [-0.39, 0.29) is 17.2 Å². The third-order valence-corrected chi connectivity index (χ3v) is 4.66. The minimum Gasteiger partial charge on any atom is -0.449 e. The second-order valence-corrected chi connectivity index (χ2v) is 6.36. The van der Waals surface area contributed by atoms with Crippen molar-refractivity contribution in [2.45, 2.75) is 26.0 Å². The highest BCUT2D eigenvalue weighted by Gasteiger charge is 2.25. The number of hydrogen-bond acceptors (Lipinski definition) is 5. The summed E-state index contributed by atoms with van der Waals surface area (Å²) in [4.78, 5) is 21.8. The van der Waals surface area contributed by atoms with Gasteiger partial charge in [0.2, 0.25) is 5.58 Å². The number of nitrogens with zero attached hydrogens (tertiary/aromatic N) is 2. The molecular weight excluding hydrogens is 294 g/mol. The van der Waals surface area contributed by atoms with Gasteiger partial charge in [-0.25, -0.2) is 4.98 Å². The molecule has 2 aromatic heterocycles. The van der Waals surface area contributed by atoms with Crippen molar-refractivity contribution in [3.8, 4) is 0 Å². The van der Waals surface area contributed by atoms with Gasteiger partial charge in [-0.15, -0.1) is 0 Å². The molecule has 1 saturated heterocycles. The summed E-state index contributed by atoms with van der Waals surface area (Å²) in [5.74, 6) is 0.925. The summed E-state index contributed by atoms with van der Waals surface area (Å²) in [6, 6.07) is 7.51. The number of aliphatic hydroxyl groups is 1. The van der Waals surface area contributed by atoms with Gasteiger partial charge in [-0.2, -0.15) is 0 Å². The molecule has 1 aliphatic heterocycles. The molecule has 1 aliphatic rings. The first-order valence-electron chi connectivity index (χ1n) is 7.92. The average Bonchev–Trinajstić information content (AvgIpc) is 2.91. The molecular formula is C17H19N3O3. The number of β-amino-alcohol motifs (C(OH)–C–C–N with tert-alkyl or cyclic N) is 1. The molecule has 0 radical (unpaired) electrons. The maximum atomic E-state index is 12.3. The Morgan fingerprint density at radius 3 is 3.09 bits per heavy atom. The van der Waals surface area contributed by atoms with E-state index in [2.05, 4.69) is 21.8 Å². The van der Waals surface area contributed by atoms with Gasteiger partial charge >= 0.3 is 0 Å². The summed E-state index contributed by atoms with van der Waals surface area (Å²) in [6.45, 7) is 4.08. The second kappa shape index (κ2) is 5.47. The normalized spacial score (nSPS) is 22.9. The number of aromatic amines is 1. The van der Waals surface area contributed by atoms with Gasteiger partial charge in [-0.1, -0.05) is 19.1 Å². The highest BCUT2D eigenvalue weighted by atomic mass is 16.3. The Morgan fingerprint density at radius 1 is 1.43 bits per heavy atom. The summed E-state index contributed by atoms with van der Waals surface area (Å²) in [5, 5.41) is 10.9. The van der Waals surface area contributed by atoms with Gasteiger partial charge in [0.25, 0.3) is 5.56 Å². The number of piperidine rings is 1. The molecule has 6 heteroatoms. The number of aliphatic hydroxyl groups excluding tert-OH is 1. The zero-order valence-electron chi connectivity index (χ0n) is 13.0. The summed E-state index contributed by atoms with van der Waals surface area (Å²) in [6.07, 6.45) is 0.622. The quantitative estimate of drug-likeness (QED) is 0.755. The van der Waals surface area contributed by atoms with Crippen LogP contribution in [-0.4, -0.2) is 39.2 Å². The molecule has 2 N–H and O–H groups in total. The summed E-state index contributed by atoms with van der Waals surface area (Å²) < 4.78 is 5.60. The number of rotatable bonds is 2. The van der Waals surface area contributed by atoms with E-state index in [1.807, 2.05) is 24.3 Å². The zero-order valence-corrected chi connectivity index (χ0v) is 13.0. The molecule has 23 heavy (non-hydrogen) atoms. The van der Waals surface area contributed by atoms with Crippen LogP contribution >= 0.6 is 0 Å². The molecule has 120 valence electrons. The number of hydrogen-bond donors (Lipinski definition) is 2. The number of fused-ring (bicyclic) bond motifs is 3. The first-order chi connectivity index (χ1) is 11.1. The van der Waals surface area contributed by atoms with Gasteiger partial charge in [-0.3, -0.25) is 9.69 Å². The summed E-state index contributed by atoms with van der Waals surface area (Å²) in [5.41, 5.74) is 1.28. The van der Waals surface area contributed by atoms with E-state index in [0.717, 1.165) is 18.4 Å². The molecule has 2 atom stereocenters. The lowest BCUT2D eigenvalue weighted by atomic mass is 9.96. The lowest BCUT2D eigenvalue weighted by Gasteiger charge is -2.33. The molecule has 0 bridgehead atoms. The van der Waals surface area contributed by atoms with Gasteiger partial charge in [-0.05, 0) is 31.0 Å². The average molecular weight is 313 g/mol. The van der Waals surface area contributed by atoms with Crippen LogP contribution in [0.15, 0.2) is 33.5 Å². The Balaban J connectivity index is 1.71. The van der Waals surface area contributed by atoms with E-state index in [4.69, 9.17) is 4.42 Å². The number of para-hydroxylation sites is 1. The van der Waals surface area contributed by atoms with Crippen LogP contribution in [0.25, 0.3) is 22.1 Å². The van der Waals surface area contributed by atoms with Crippen molar-refractivity contribution in [3.05, 3.63) is 40.4 Å². The number of likely N-dealkylation sites (tertiary alicyclic amines) is 1. The van der Waals surface area contributed by atoms with Gasteiger partial charge in [0.05, 0.1) is 12.6 Å². The molecule has 0 amide bonds. The van der Waals surface area contributed by atoms with Crippen LogP contribution in [0.2, 0.25) is 0 Å². The molecule has 3 aromatic rings. The lowest BCUT2D eigenvalue weighted by Crippen LogP contribution is -2.42. The second-order valence-electron chi connectivity index (χ2n) is 6.36. The van der Waals surface area contributed by atoms with Crippen LogP contribution in [0.4, 0.5) is 0 Å². The number of aromatic nitrogens is 2. The van der Waals surface area contributed by atoms with Crippen molar-refractivity contribution in [2.75, 3.05) is 13.1 Å². The van der Waals surface area contributed by atoms with E-state index in [9.17, 15) is 9.90 Å². The highest BCUT2D eigenvalue weighted by Crippen LogP contribution is 2.25. The largest absolute Gasteiger partial charge is 0.449 e. The third-order valence-electron chi connectivity index (χ3n) is 4.66. The maximum absolute atomic E-state index is 12.3. The zero-order chi connectivity index (χ0) is 16.0. The molecule has 1 aromatic carbocycles. The summed E-state index contributed by atoms with van der Waals surface area (Å²) >= 11 is 0. The highest BCUT2D eigenvalue weighted by molar-refractivity contribution is 6.01. The van der Waals surface area contributed by atoms with Crippen LogP contribution in [0.1, 0.15) is 19.2 Å². The minimum absolute atomic E-state index is 0.257. The molecule has 0 aliphatic carbocycles. The first-order valence-corrected chi connectivity index (χ1v) is 7.92. The van der Waals surface area contributed by atoms with Gasteiger partial charge in [0, 0.05) is 11.9 Å². The van der Waals surface area contributed by atoms with Crippen LogP contribution in [0.3, 0.4) is 0 Å². The van der Waals surface area contributed by atoms with Crippen molar-refractivity contribution in [1.29, 1.82) is 0 Å². The van der Waals surface area contributed by atoms with Crippen molar-refractivity contribution in [2.24, 2.45) is 5.92 Å². The van der Waals surface area contributed by atoms with Crippen LogP contribution in [0.5, 0.6) is 0 Å². The van der Waals surface area contributed by atoms with E-state index in [1.165, 1.54) is 0 Å². The molecule has 6 nitrogen and oxygen atoms in total. The number of benzene rings is 1. The van der Waals surface area contributed by atoms with E-state index in [1.54, 1.807) is 0 Å². The summed E-state index contributed by atoms with van der Waals surface area (Å²) in [7, 11) is 0. The topological polar surface area (TPSA) is 82.4 Å². The fourth-order valence-electron chi connectivity index (χ4n) is 3.19. The van der Waals surface area contributed by atoms with E-state index in [0.29, 0.717) is 35.9 Å². The molecule has 0 spiro atoms. The number of H-pyrrole nitrogens is 1. The smallest absolute Gasteiger partial charge is 0.294 e. The van der Waals surface area contributed by atoms with Crippen LogP contribution in [0, 0.1) is 5.92 Å². The van der Waals surface area contributed by atoms with Crippen molar-refractivity contribution in [3.63, 3.8) is 0 Å². The fraction of sp³-hybridized carbons (Fsp3) is 0.412. The maximum Gasteiger partial charge on any atom is 0.294 e. The predicted octanol–water partition coefficient (Wildman–Crippen LogP) is 1.87. The Hall–Kier alpha value is -2.18. The molecule has 1 fully saturated rings. The third kappa shape index (κ3) is 2.54. The number of furan rings is 1. The number of nitrogens with one attached hydrogen (secondary N) is 1. The van der Waals surface area contributed by atoms with Crippen LogP contribution in [-0.2, 0) is 6.54 Å². The van der Waals surface area contributed by atoms with Crippen molar-refractivity contribution in [1.82, 2.24) is 14.9 Å². The molecule has 3 heterocycles. The standard InChI is InChI=1S/C17H19N3O3/c1-10-6-7-20(8-12(10)21)9-14-18-15-11-4-2-3-5-13(11)23-16(15)17(22)19-14/h2-5,10,12,21H,6-9H2,1H3,(H,18,19,22). The molecule has 2 unspecified atom stereocenters. The SMILES string of the molecule is CC1CCN(Cc2nc3c(oc4ccccc43)c(=O)[nH]2)CC1O. The monoisotopic (exact) mass is 313 g/mol. The molecule has 4 rings (SSSR count). The molecule has 0 saturated carbocycles. The van der Waals surface area contributed by atoms with E-state index < -0.39 is 0 Å². The fourth-order valence-corrected chi connectivity index (χ4v) is 3.19. The van der Waals surface area contributed by atoms with E-state index >= 15 is 0 Å². The first kappa shape index (κ1) is 14.4. The Bertz CT molecular complexity index is 914. The van der Waals surface area contributed by atoms with Gasteiger partial charge in [0.15, 0.2) is 0 Å². The Labute approximate surface area is 132 Å². The van der Waals surface area contributed by atoms with Gasteiger partial charge in [0.1, 0.15) is 16.9 Å². The Kier molecular flexibility index (Phi) is 3.43. The lowest BCUT2D eigenvalue weighted by molar-refractivity contribution is 0.0249. The Morgan fingerprint density at radius 2 is 2.26 bits per heavy atom. The van der Waals surface area contributed by atoms with Crippen molar-refractivity contribution >= 4 is 22.1 Å². The predicted molar refractivity (Wildman–Crippen MR) is 87.2 cm³/mol. The minimum atomic E-state index is -0.325. The van der Waals surface area contributed by atoms with Gasteiger partial charge < -0.3 is 14.5 Å². The van der Waals surface area contributed by atoms with Crippen molar-refractivity contribution < 1.29 is 9.52 Å². The van der Waals surface area contributed by atoms with Crippen LogP contribution < -0.4 is 5.56 Å².